The molecule has 0 aromatic carbocycles. The lowest BCUT2D eigenvalue weighted by molar-refractivity contribution is -0.148. The van der Waals surface area contributed by atoms with Gasteiger partial charge in [0.25, 0.3) is 0 Å². The molecule has 2 unspecified atom stereocenters. The predicted octanol–water partition coefficient (Wildman–Crippen LogP) is 1.78. The summed E-state index contributed by atoms with van der Waals surface area (Å²) in [6, 6.07) is -0.107. The Morgan fingerprint density at radius 2 is 2.32 bits per heavy atom. The van der Waals surface area contributed by atoms with Gasteiger partial charge in [-0.05, 0) is 31.4 Å². The highest BCUT2D eigenvalue weighted by Crippen LogP contribution is 2.34. The molecule has 2 amide bonds. The van der Waals surface area contributed by atoms with Crippen LogP contribution >= 0.6 is 11.8 Å². The second-order valence-electron chi connectivity index (χ2n) is 5.43. The van der Waals surface area contributed by atoms with Crippen LogP contribution < -0.4 is 5.32 Å². The van der Waals surface area contributed by atoms with Crippen molar-refractivity contribution < 1.29 is 14.7 Å². The van der Waals surface area contributed by atoms with E-state index in [-0.39, 0.29) is 6.03 Å². The van der Waals surface area contributed by atoms with Gasteiger partial charge in [-0.1, -0.05) is 6.92 Å². The number of amides is 2. The topological polar surface area (TPSA) is 69.6 Å². The number of aliphatic carboxylic acids is 1. The van der Waals surface area contributed by atoms with E-state index in [4.69, 9.17) is 0 Å². The molecular weight excluding hydrogens is 264 g/mol. The lowest BCUT2D eigenvalue weighted by atomic mass is 9.84. The number of hydrogen-bond donors (Lipinski definition) is 2. The van der Waals surface area contributed by atoms with Gasteiger partial charge in [0.05, 0.1) is 5.41 Å². The van der Waals surface area contributed by atoms with Gasteiger partial charge in [0.2, 0.25) is 0 Å². The Labute approximate surface area is 118 Å². The molecule has 2 heterocycles. The van der Waals surface area contributed by atoms with Crippen LogP contribution in [0.2, 0.25) is 0 Å². The largest absolute Gasteiger partial charge is 0.481 e. The minimum Gasteiger partial charge on any atom is -0.481 e. The normalized spacial score (nSPS) is 30.6. The van der Waals surface area contributed by atoms with Crippen molar-refractivity contribution >= 4 is 23.8 Å². The maximum atomic E-state index is 12.0. The predicted molar refractivity (Wildman–Crippen MR) is 75.4 cm³/mol. The van der Waals surface area contributed by atoms with Gasteiger partial charge in [-0.15, -0.1) is 0 Å². The molecule has 0 bridgehead atoms. The van der Waals surface area contributed by atoms with Crippen LogP contribution in [0.4, 0.5) is 4.79 Å². The number of hydrogen-bond acceptors (Lipinski definition) is 3. The van der Waals surface area contributed by atoms with Gasteiger partial charge in [0.15, 0.2) is 0 Å². The van der Waals surface area contributed by atoms with Crippen molar-refractivity contribution in [2.24, 2.45) is 5.41 Å². The molecule has 19 heavy (non-hydrogen) atoms. The van der Waals surface area contributed by atoms with Crippen molar-refractivity contribution in [3.8, 4) is 0 Å². The molecular formula is C13H22N2O3S. The summed E-state index contributed by atoms with van der Waals surface area (Å²) in [5, 5.41) is 12.8. The van der Waals surface area contributed by atoms with Gasteiger partial charge in [-0.25, -0.2) is 4.79 Å². The van der Waals surface area contributed by atoms with E-state index in [9.17, 15) is 14.7 Å². The highest BCUT2D eigenvalue weighted by Gasteiger charge is 2.44. The van der Waals surface area contributed by atoms with Gasteiger partial charge < -0.3 is 15.3 Å². The number of rotatable bonds is 4. The standard InChI is InChI=1S/C13H22N2O3S/c1-2-13(11(16)17)5-6-15(9-13)12(18)14-8-10-4-3-7-19-10/h10H,2-9H2,1H3,(H,14,18)(H,16,17). The summed E-state index contributed by atoms with van der Waals surface area (Å²) in [6.45, 7) is 3.46. The number of carboxylic acid groups (broad SMARTS) is 1. The summed E-state index contributed by atoms with van der Waals surface area (Å²) in [4.78, 5) is 25.0. The van der Waals surface area contributed by atoms with Crippen molar-refractivity contribution in [1.82, 2.24) is 10.2 Å². The summed E-state index contributed by atoms with van der Waals surface area (Å²) < 4.78 is 0. The molecule has 5 nitrogen and oxygen atoms in total. The van der Waals surface area contributed by atoms with E-state index in [1.54, 1.807) is 4.90 Å². The third kappa shape index (κ3) is 3.16. The molecule has 0 aromatic rings. The average Bonchev–Trinajstić information content (AvgIpc) is 3.05. The minimum absolute atomic E-state index is 0.107. The number of nitrogens with zero attached hydrogens (tertiary/aromatic N) is 1. The molecule has 0 aromatic heterocycles. The van der Waals surface area contributed by atoms with E-state index in [1.807, 2.05) is 18.7 Å². The Bertz CT molecular complexity index is 358. The van der Waals surface area contributed by atoms with Gasteiger partial charge in [-0.2, -0.15) is 11.8 Å². The van der Waals surface area contributed by atoms with Crippen LogP contribution in [-0.4, -0.2) is 52.6 Å². The van der Waals surface area contributed by atoms with Gasteiger partial charge >= 0.3 is 12.0 Å². The molecule has 0 saturated carbocycles. The number of urea groups is 1. The fraction of sp³-hybridized carbons (Fsp3) is 0.846. The quantitative estimate of drug-likeness (QED) is 0.826. The zero-order valence-electron chi connectivity index (χ0n) is 11.4. The number of carbonyl (C=O) groups is 2. The summed E-state index contributed by atoms with van der Waals surface area (Å²) in [7, 11) is 0. The Morgan fingerprint density at radius 1 is 1.53 bits per heavy atom. The summed E-state index contributed by atoms with van der Waals surface area (Å²) in [5.74, 6) is 0.402. The molecule has 2 fully saturated rings. The molecule has 6 heteroatoms. The Balaban J connectivity index is 1.82. The molecule has 0 aliphatic carbocycles. The van der Waals surface area contributed by atoms with Crippen LogP contribution in [0.25, 0.3) is 0 Å². The Kier molecular flexibility index (Phi) is 4.60. The lowest BCUT2D eigenvalue weighted by Gasteiger charge is -2.23. The van der Waals surface area contributed by atoms with E-state index in [0.29, 0.717) is 37.7 Å². The summed E-state index contributed by atoms with van der Waals surface area (Å²) in [6.07, 6.45) is 3.53. The molecule has 2 aliphatic rings. The van der Waals surface area contributed by atoms with Crippen LogP contribution in [0.5, 0.6) is 0 Å². The molecule has 108 valence electrons. The number of carbonyl (C=O) groups excluding carboxylic acids is 1. The molecule has 2 rings (SSSR count). The highest BCUT2D eigenvalue weighted by molar-refractivity contribution is 8.00. The maximum Gasteiger partial charge on any atom is 0.317 e. The second kappa shape index (κ2) is 6.03. The van der Waals surface area contributed by atoms with Crippen molar-refractivity contribution in [1.29, 1.82) is 0 Å². The van der Waals surface area contributed by atoms with E-state index < -0.39 is 11.4 Å². The first-order valence-electron chi connectivity index (χ1n) is 6.95. The molecule has 0 radical (unpaired) electrons. The van der Waals surface area contributed by atoms with Crippen LogP contribution in [-0.2, 0) is 4.79 Å². The third-order valence-corrected chi connectivity index (χ3v) is 5.67. The molecule has 2 aliphatic heterocycles. The lowest BCUT2D eigenvalue weighted by Crippen LogP contribution is -2.43. The van der Waals surface area contributed by atoms with Crippen molar-refractivity contribution in [3.63, 3.8) is 0 Å². The van der Waals surface area contributed by atoms with E-state index >= 15 is 0 Å². The Morgan fingerprint density at radius 3 is 2.84 bits per heavy atom. The summed E-state index contributed by atoms with van der Waals surface area (Å²) >= 11 is 1.91. The number of likely N-dealkylation sites (tertiary alicyclic amines) is 1. The van der Waals surface area contributed by atoms with E-state index in [1.165, 1.54) is 18.6 Å². The first kappa shape index (κ1) is 14.5. The average molecular weight is 286 g/mol. The zero-order valence-corrected chi connectivity index (χ0v) is 12.2. The summed E-state index contributed by atoms with van der Waals surface area (Å²) in [5.41, 5.74) is -0.737. The van der Waals surface area contributed by atoms with Crippen molar-refractivity contribution in [2.75, 3.05) is 25.4 Å². The molecule has 2 N–H and O–H groups in total. The van der Waals surface area contributed by atoms with Gasteiger partial charge in [0.1, 0.15) is 0 Å². The first-order valence-corrected chi connectivity index (χ1v) is 8.00. The van der Waals surface area contributed by atoms with Crippen LogP contribution in [0.1, 0.15) is 32.6 Å². The molecule has 2 atom stereocenters. The minimum atomic E-state index is -0.781. The monoisotopic (exact) mass is 286 g/mol. The number of carboxylic acids is 1. The number of thioether (sulfide) groups is 1. The van der Waals surface area contributed by atoms with E-state index in [2.05, 4.69) is 5.32 Å². The maximum absolute atomic E-state index is 12.0. The fourth-order valence-electron chi connectivity index (χ4n) is 2.78. The SMILES string of the molecule is CCC1(C(=O)O)CCN(C(=O)NCC2CCCS2)C1. The van der Waals surface area contributed by atoms with Crippen molar-refractivity contribution in [3.05, 3.63) is 0 Å². The third-order valence-electron chi connectivity index (χ3n) is 4.28. The van der Waals surface area contributed by atoms with Crippen LogP contribution in [0.15, 0.2) is 0 Å². The zero-order chi connectivity index (χ0) is 13.9. The Hall–Kier alpha value is -0.910. The van der Waals surface area contributed by atoms with Gasteiger partial charge in [0, 0.05) is 24.9 Å². The van der Waals surface area contributed by atoms with Crippen LogP contribution in [0.3, 0.4) is 0 Å². The first-order chi connectivity index (χ1) is 9.07. The molecule has 2 saturated heterocycles. The van der Waals surface area contributed by atoms with Gasteiger partial charge in [-0.3, -0.25) is 4.79 Å². The highest BCUT2D eigenvalue weighted by atomic mass is 32.2. The smallest absolute Gasteiger partial charge is 0.317 e. The molecule has 0 spiro atoms. The van der Waals surface area contributed by atoms with Crippen LogP contribution in [0, 0.1) is 5.41 Å². The second-order valence-corrected chi connectivity index (χ2v) is 6.84. The number of nitrogens with one attached hydrogen (secondary N) is 1. The van der Waals surface area contributed by atoms with E-state index in [0.717, 1.165) is 0 Å². The fourth-order valence-corrected chi connectivity index (χ4v) is 3.98. The van der Waals surface area contributed by atoms with Crippen molar-refractivity contribution in [2.45, 2.75) is 37.9 Å².